The van der Waals surface area contributed by atoms with Gasteiger partial charge in [0.2, 0.25) is 0 Å². The van der Waals surface area contributed by atoms with Gasteiger partial charge < -0.3 is 22.8 Å². The number of hydrogen-bond donors (Lipinski definition) is 0. The van der Waals surface area contributed by atoms with E-state index in [1.54, 1.807) is 0 Å². The lowest BCUT2D eigenvalue weighted by Crippen LogP contribution is -2.42. The fourth-order valence-corrected chi connectivity index (χ4v) is 6.17. The van der Waals surface area contributed by atoms with Gasteiger partial charge in [-0.2, -0.15) is 0 Å². The number of rotatable bonds is 13. The first-order valence-corrected chi connectivity index (χ1v) is 16.9. The normalized spacial score (nSPS) is 14.3. The van der Waals surface area contributed by atoms with Crippen LogP contribution in [0.15, 0.2) is 30.7 Å². The summed E-state index contributed by atoms with van der Waals surface area (Å²) in [5.41, 5.74) is 1.43. The fourth-order valence-electron chi connectivity index (χ4n) is 3.20. The van der Waals surface area contributed by atoms with Crippen molar-refractivity contribution in [3.63, 3.8) is 0 Å². The van der Waals surface area contributed by atoms with E-state index in [1.807, 2.05) is 44.5 Å². The minimum Gasteiger partial charge on any atom is -0.414 e. The molecule has 0 saturated carbocycles. The van der Waals surface area contributed by atoms with Gasteiger partial charge >= 0.3 is 7.60 Å². The van der Waals surface area contributed by atoms with Crippen LogP contribution in [0.2, 0.25) is 23.3 Å². The summed E-state index contributed by atoms with van der Waals surface area (Å²) in [4.78, 5) is 8.52. The molecule has 0 amide bonds. The molecule has 0 fully saturated rings. The summed E-state index contributed by atoms with van der Waals surface area (Å²) in [5, 5.41) is 1.19. The van der Waals surface area contributed by atoms with Crippen molar-refractivity contribution in [1.82, 2.24) is 14.5 Å². The van der Waals surface area contributed by atoms with E-state index in [1.165, 1.54) is 6.33 Å². The first-order valence-electron chi connectivity index (χ1n) is 11.9. The molecule has 2 rings (SSSR count). The standard InChI is InChI=1S/C24H41ClN3O5PSi/c1-17(2)32-34(29,33-18(3)4)16-30-13-19(5)21(14-31-35(9,10)24(6,7)8)28-12-11-20-22(25)26-15-27-23(20)28/h11-12,15,17-18,21H,5,13-14,16H2,1-4,6-10H3. The largest absolute Gasteiger partial charge is 0.414 e. The third kappa shape index (κ3) is 8.22. The highest BCUT2D eigenvalue weighted by Gasteiger charge is 2.38. The molecule has 0 aliphatic carbocycles. The van der Waals surface area contributed by atoms with Gasteiger partial charge in [0.25, 0.3) is 0 Å². The predicted molar refractivity (Wildman–Crippen MR) is 145 cm³/mol. The average Bonchev–Trinajstić information content (AvgIpc) is 3.11. The van der Waals surface area contributed by atoms with Crippen LogP contribution in [0.5, 0.6) is 0 Å². The Hall–Kier alpha value is -1.06. The second-order valence-corrected chi connectivity index (χ2v) is 17.8. The smallest absolute Gasteiger partial charge is 0.356 e. The van der Waals surface area contributed by atoms with E-state index >= 15 is 0 Å². The molecule has 2 aromatic rings. The van der Waals surface area contributed by atoms with Crippen LogP contribution >= 0.6 is 19.2 Å². The summed E-state index contributed by atoms with van der Waals surface area (Å²) < 4.78 is 38.7. The molecule has 1 unspecified atom stereocenters. The maximum Gasteiger partial charge on any atom is 0.356 e. The minimum absolute atomic E-state index is 0.0502. The topological polar surface area (TPSA) is 84.7 Å². The molecular weight excluding hydrogens is 505 g/mol. The zero-order chi connectivity index (χ0) is 26.6. The highest BCUT2D eigenvalue weighted by molar-refractivity contribution is 7.53. The molecule has 35 heavy (non-hydrogen) atoms. The van der Waals surface area contributed by atoms with Crippen molar-refractivity contribution in [2.75, 3.05) is 19.6 Å². The lowest BCUT2D eigenvalue weighted by molar-refractivity contribution is 0.103. The molecule has 0 saturated heterocycles. The third-order valence-electron chi connectivity index (χ3n) is 5.96. The first-order chi connectivity index (χ1) is 16.1. The molecule has 0 N–H and O–H groups in total. The van der Waals surface area contributed by atoms with Crippen molar-refractivity contribution < 1.29 is 22.8 Å². The van der Waals surface area contributed by atoms with Gasteiger partial charge in [0.05, 0.1) is 36.8 Å². The van der Waals surface area contributed by atoms with Gasteiger partial charge in [-0.3, -0.25) is 4.57 Å². The van der Waals surface area contributed by atoms with Crippen LogP contribution in [-0.2, 0) is 22.8 Å². The molecule has 0 aromatic carbocycles. The number of ether oxygens (including phenoxy) is 1. The van der Waals surface area contributed by atoms with E-state index in [9.17, 15) is 4.57 Å². The Labute approximate surface area is 216 Å². The van der Waals surface area contributed by atoms with Crippen LogP contribution in [0.3, 0.4) is 0 Å². The van der Waals surface area contributed by atoms with E-state index < -0.39 is 15.9 Å². The van der Waals surface area contributed by atoms with Crippen LogP contribution in [0.4, 0.5) is 0 Å². The molecule has 11 heteroatoms. The van der Waals surface area contributed by atoms with Crippen molar-refractivity contribution in [2.24, 2.45) is 0 Å². The molecule has 0 aliphatic rings. The number of nitrogens with zero attached hydrogens (tertiary/aromatic N) is 3. The maximum atomic E-state index is 13.1. The molecule has 1 atom stereocenters. The zero-order valence-electron chi connectivity index (χ0n) is 22.5. The summed E-state index contributed by atoms with van der Waals surface area (Å²) in [6.07, 6.45) is 2.67. The van der Waals surface area contributed by atoms with Gasteiger partial charge in [0.1, 0.15) is 23.5 Å². The van der Waals surface area contributed by atoms with Crippen LogP contribution in [0.25, 0.3) is 11.0 Å². The molecule has 8 nitrogen and oxygen atoms in total. The minimum atomic E-state index is -3.42. The van der Waals surface area contributed by atoms with Crippen molar-refractivity contribution in [3.8, 4) is 0 Å². The Morgan fingerprint density at radius 2 is 1.77 bits per heavy atom. The number of hydrogen-bond acceptors (Lipinski definition) is 7. The second kappa shape index (κ2) is 12.0. The summed E-state index contributed by atoms with van der Waals surface area (Å²) >= 11 is 6.29. The summed E-state index contributed by atoms with van der Waals surface area (Å²) in [6.45, 7) is 23.1. The van der Waals surface area contributed by atoms with Gasteiger partial charge in [-0.05, 0) is 57.5 Å². The predicted octanol–water partition coefficient (Wildman–Crippen LogP) is 7.22. The lowest BCUT2D eigenvalue weighted by atomic mass is 10.1. The SMILES string of the molecule is C=C(COCP(=O)(OC(C)C)OC(C)C)C(CO[Si](C)(C)C(C)(C)C)n1ccc2c(Cl)ncnc21. The van der Waals surface area contributed by atoms with Crippen molar-refractivity contribution >= 4 is 38.5 Å². The summed E-state index contributed by atoms with van der Waals surface area (Å²) in [7, 11) is -5.46. The van der Waals surface area contributed by atoms with Crippen LogP contribution < -0.4 is 0 Å². The average molecular weight is 546 g/mol. The Balaban J connectivity index is 2.26. The highest BCUT2D eigenvalue weighted by atomic mass is 35.5. The van der Waals surface area contributed by atoms with E-state index in [-0.39, 0.29) is 36.2 Å². The maximum absolute atomic E-state index is 13.1. The Kier molecular flexibility index (Phi) is 10.3. The van der Waals surface area contributed by atoms with E-state index in [0.29, 0.717) is 17.4 Å². The van der Waals surface area contributed by atoms with Crippen molar-refractivity contribution in [2.45, 2.75) is 84.8 Å². The van der Waals surface area contributed by atoms with Gasteiger partial charge in [-0.15, -0.1) is 0 Å². The molecule has 0 radical (unpaired) electrons. The number of halogens is 1. The molecule has 198 valence electrons. The van der Waals surface area contributed by atoms with Gasteiger partial charge in [0.15, 0.2) is 8.32 Å². The van der Waals surface area contributed by atoms with E-state index in [2.05, 4.69) is 50.4 Å². The molecule has 2 aromatic heterocycles. The summed E-state index contributed by atoms with van der Waals surface area (Å²) in [6, 6.07) is 1.61. The third-order valence-corrected chi connectivity index (χ3v) is 12.7. The van der Waals surface area contributed by atoms with Crippen LogP contribution in [0, 0.1) is 0 Å². The monoisotopic (exact) mass is 545 g/mol. The van der Waals surface area contributed by atoms with Gasteiger partial charge in [-0.1, -0.05) is 39.0 Å². The molecular formula is C24H41ClN3O5PSi. The van der Waals surface area contributed by atoms with Gasteiger partial charge in [0, 0.05) is 6.20 Å². The zero-order valence-corrected chi connectivity index (χ0v) is 25.2. The molecule has 0 spiro atoms. The van der Waals surface area contributed by atoms with Crippen molar-refractivity contribution in [1.29, 1.82) is 0 Å². The Morgan fingerprint density at radius 3 is 2.31 bits per heavy atom. The fraction of sp³-hybridized carbons (Fsp3) is 0.667. The number of fused-ring (bicyclic) bond motifs is 1. The second-order valence-electron chi connectivity index (χ2n) is 10.8. The molecule has 0 bridgehead atoms. The first kappa shape index (κ1) is 30.2. The molecule has 2 heterocycles. The quantitative estimate of drug-likeness (QED) is 0.114. The lowest BCUT2D eigenvalue weighted by Gasteiger charge is -2.37. The van der Waals surface area contributed by atoms with Crippen molar-refractivity contribution in [3.05, 3.63) is 35.9 Å². The van der Waals surface area contributed by atoms with E-state index in [4.69, 9.17) is 29.8 Å². The Bertz CT molecular complexity index is 1040. The van der Waals surface area contributed by atoms with Crippen LogP contribution in [0.1, 0.15) is 54.5 Å². The Morgan fingerprint density at radius 1 is 1.17 bits per heavy atom. The number of aromatic nitrogens is 3. The van der Waals surface area contributed by atoms with Gasteiger partial charge in [-0.25, -0.2) is 9.97 Å². The van der Waals surface area contributed by atoms with E-state index in [0.717, 1.165) is 11.0 Å². The highest BCUT2D eigenvalue weighted by Crippen LogP contribution is 2.50. The van der Waals surface area contributed by atoms with Crippen LogP contribution in [-0.4, -0.2) is 54.6 Å². The summed E-state index contributed by atoms with van der Waals surface area (Å²) in [5.74, 6) is 0. The molecule has 0 aliphatic heterocycles.